The zero-order valence-electron chi connectivity index (χ0n) is 9.42. The number of benzene rings is 2. The van der Waals surface area contributed by atoms with E-state index in [1.807, 2.05) is 37.3 Å². The van der Waals surface area contributed by atoms with Gasteiger partial charge in [-0.2, -0.15) is 0 Å². The number of halogens is 1. The predicted octanol–water partition coefficient (Wildman–Crippen LogP) is 4.70. The monoisotopic (exact) mass is 231 g/mol. The molecule has 16 heavy (non-hydrogen) atoms. The fourth-order valence-corrected chi connectivity index (χ4v) is 1.88. The van der Waals surface area contributed by atoms with E-state index in [4.69, 9.17) is 11.6 Å². The number of nitrogens with one attached hydrogen (secondary N) is 1. The van der Waals surface area contributed by atoms with Crippen molar-refractivity contribution in [3.63, 3.8) is 0 Å². The SMILES string of the molecule is Cc1cccc(Nc2ccc(C)cc2Cl)c1. The smallest absolute Gasteiger partial charge is 0.0643 e. The molecule has 2 aromatic rings. The molecular formula is C14H14ClN. The molecule has 0 spiro atoms. The van der Waals surface area contributed by atoms with Gasteiger partial charge in [0.05, 0.1) is 10.7 Å². The lowest BCUT2D eigenvalue weighted by atomic mass is 10.2. The normalized spacial score (nSPS) is 10.2. The molecule has 0 saturated heterocycles. The quantitative estimate of drug-likeness (QED) is 0.790. The maximum atomic E-state index is 6.16. The molecule has 1 N–H and O–H groups in total. The molecule has 0 bridgehead atoms. The number of rotatable bonds is 2. The van der Waals surface area contributed by atoms with Gasteiger partial charge in [-0.25, -0.2) is 0 Å². The molecule has 0 saturated carbocycles. The summed E-state index contributed by atoms with van der Waals surface area (Å²) in [5.41, 5.74) is 4.40. The zero-order valence-corrected chi connectivity index (χ0v) is 10.2. The fraction of sp³-hybridized carbons (Fsp3) is 0.143. The Kier molecular flexibility index (Phi) is 3.16. The minimum absolute atomic E-state index is 0.751. The Bertz CT molecular complexity index is 506. The van der Waals surface area contributed by atoms with Crippen LogP contribution in [0.3, 0.4) is 0 Å². The highest BCUT2D eigenvalue weighted by Gasteiger charge is 2.00. The van der Waals surface area contributed by atoms with Crippen molar-refractivity contribution in [3.8, 4) is 0 Å². The molecule has 0 amide bonds. The van der Waals surface area contributed by atoms with E-state index in [1.54, 1.807) is 0 Å². The van der Waals surface area contributed by atoms with Gasteiger partial charge in [0, 0.05) is 5.69 Å². The van der Waals surface area contributed by atoms with Gasteiger partial charge in [0.25, 0.3) is 0 Å². The van der Waals surface area contributed by atoms with Crippen molar-refractivity contribution in [1.82, 2.24) is 0 Å². The van der Waals surface area contributed by atoms with Gasteiger partial charge in [-0.05, 0) is 49.2 Å². The highest BCUT2D eigenvalue weighted by Crippen LogP contribution is 2.26. The summed E-state index contributed by atoms with van der Waals surface area (Å²) in [7, 11) is 0. The third-order valence-electron chi connectivity index (χ3n) is 2.42. The number of hydrogen-bond donors (Lipinski definition) is 1. The molecule has 0 unspecified atom stereocenters. The van der Waals surface area contributed by atoms with E-state index >= 15 is 0 Å². The molecule has 82 valence electrons. The van der Waals surface area contributed by atoms with Gasteiger partial charge in [0.15, 0.2) is 0 Å². The van der Waals surface area contributed by atoms with Crippen LogP contribution in [0.2, 0.25) is 5.02 Å². The van der Waals surface area contributed by atoms with E-state index in [1.165, 1.54) is 11.1 Å². The van der Waals surface area contributed by atoms with Crippen molar-refractivity contribution in [2.24, 2.45) is 0 Å². The molecule has 0 radical (unpaired) electrons. The summed E-state index contributed by atoms with van der Waals surface area (Å²) < 4.78 is 0. The van der Waals surface area contributed by atoms with Crippen molar-refractivity contribution < 1.29 is 0 Å². The first-order valence-electron chi connectivity index (χ1n) is 5.25. The van der Waals surface area contributed by atoms with Gasteiger partial charge in [-0.1, -0.05) is 29.8 Å². The second kappa shape index (κ2) is 4.58. The molecule has 0 atom stereocenters. The molecule has 0 aliphatic rings. The average Bonchev–Trinajstić information content (AvgIpc) is 2.22. The van der Waals surface area contributed by atoms with E-state index in [0.29, 0.717) is 0 Å². The van der Waals surface area contributed by atoms with E-state index in [-0.39, 0.29) is 0 Å². The minimum Gasteiger partial charge on any atom is -0.354 e. The third kappa shape index (κ3) is 2.56. The Labute approximate surface area is 101 Å². The second-order valence-corrected chi connectivity index (χ2v) is 4.38. The van der Waals surface area contributed by atoms with Crippen LogP contribution in [0.5, 0.6) is 0 Å². The molecule has 0 aliphatic carbocycles. The summed E-state index contributed by atoms with van der Waals surface area (Å²) in [5, 5.41) is 4.06. The second-order valence-electron chi connectivity index (χ2n) is 3.98. The van der Waals surface area contributed by atoms with Gasteiger partial charge < -0.3 is 5.32 Å². The lowest BCUT2D eigenvalue weighted by Crippen LogP contribution is -1.91. The van der Waals surface area contributed by atoms with Crippen molar-refractivity contribution in [2.75, 3.05) is 5.32 Å². The largest absolute Gasteiger partial charge is 0.354 e. The van der Waals surface area contributed by atoms with Crippen LogP contribution in [0, 0.1) is 13.8 Å². The lowest BCUT2D eigenvalue weighted by molar-refractivity contribution is 1.43. The third-order valence-corrected chi connectivity index (χ3v) is 2.73. The Morgan fingerprint density at radius 1 is 0.938 bits per heavy atom. The van der Waals surface area contributed by atoms with Crippen LogP contribution >= 0.6 is 11.6 Å². The molecule has 2 heteroatoms. The first-order valence-corrected chi connectivity index (χ1v) is 5.63. The highest BCUT2D eigenvalue weighted by atomic mass is 35.5. The van der Waals surface area contributed by atoms with Crippen LogP contribution in [0.1, 0.15) is 11.1 Å². The Morgan fingerprint density at radius 2 is 1.69 bits per heavy atom. The predicted molar refractivity (Wildman–Crippen MR) is 70.7 cm³/mol. The summed E-state index contributed by atoms with van der Waals surface area (Å²) >= 11 is 6.16. The molecular weight excluding hydrogens is 218 g/mol. The van der Waals surface area contributed by atoms with Gasteiger partial charge in [-0.15, -0.1) is 0 Å². The van der Waals surface area contributed by atoms with Crippen LogP contribution in [-0.4, -0.2) is 0 Å². The Hall–Kier alpha value is -1.47. The molecule has 2 aromatic carbocycles. The van der Waals surface area contributed by atoms with Crippen LogP contribution < -0.4 is 5.32 Å². The van der Waals surface area contributed by atoms with E-state index in [2.05, 4.69) is 24.4 Å². The molecule has 0 aliphatic heterocycles. The van der Waals surface area contributed by atoms with Gasteiger partial charge in [0.1, 0.15) is 0 Å². The van der Waals surface area contributed by atoms with Crippen LogP contribution in [0.25, 0.3) is 0 Å². The van der Waals surface area contributed by atoms with Crippen LogP contribution in [0.4, 0.5) is 11.4 Å². The average molecular weight is 232 g/mol. The molecule has 1 nitrogen and oxygen atoms in total. The van der Waals surface area contributed by atoms with Gasteiger partial charge in [0.2, 0.25) is 0 Å². The number of aryl methyl sites for hydroxylation is 2. The summed E-state index contributed by atoms with van der Waals surface area (Å²) in [6, 6.07) is 14.2. The first kappa shape index (κ1) is 11.0. The van der Waals surface area contributed by atoms with Crippen molar-refractivity contribution in [3.05, 3.63) is 58.6 Å². The lowest BCUT2D eigenvalue weighted by Gasteiger charge is -2.09. The Morgan fingerprint density at radius 3 is 2.38 bits per heavy atom. The maximum absolute atomic E-state index is 6.16. The van der Waals surface area contributed by atoms with Crippen LogP contribution in [0.15, 0.2) is 42.5 Å². The standard InChI is InChI=1S/C14H14ClN/c1-10-4-3-5-12(8-10)16-14-7-6-11(2)9-13(14)15/h3-9,16H,1-2H3. The van der Waals surface area contributed by atoms with Gasteiger partial charge in [-0.3, -0.25) is 0 Å². The van der Waals surface area contributed by atoms with E-state index < -0.39 is 0 Å². The van der Waals surface area contributed by atoms with E-state index in [9.17, 15) is 0 Å². The zero-order chi connectivity index (χ0) is 11.5. The maximum Gasteiger partial charge on any atom is 0.0643 e. The number of anilines is 2. The molecule has 0 fully saturated rings. The van der Waals surface area contributed by atoms with Crippen LogP contribution in [-0.2, 0) is 0 Å². The minimum atomic E-state index is 0.751. The first-order chi connectivity index (χ1) is 7.65. The van der Waals surface area contributed by atoms with Gasteiger partial charge >= 0.3 is 0 Å². The highest BCUT2D eigenvalue weighted by molar-refractivity contribution is 6.33. The van der Waals surface area contributed by atoms with Crippen molar-refractivity contribution in [1.29, 1.82) is 0 Å². The number of hydrogen-bond acceptors (Lipinski definition) is 1. The molecule has 2 rings (SSSR count). The Balaban J connectivity index is 2.27. The summed E-state index contributed by atoms with van der Waals surface area (Å²) in [4.78, 5) is 0. The van der Waals surface area contributed by atoms with E-state index in [0.717, 1.165) is 16.4 Å². The topological polar surface area (TPSA) is 12.0 Å². The summed E-state index contributed by atoms with van der Waals surface area (Å²) in [6.45, 7) is 4.10. The van der Waals surface area contributed by atoms with Crippen molar-refractivity contribution in [2.45, 2.75) is 13.8 Å². The summed E-state index contributed by atoms with van der Waals surface area (Å²) in [5.74, 6) is 0. The molecule has 0 aromatic heterocycles. The molecule has 0 heterocycles. The van der Waals surface area contributed by atoms with Crippen molar-refractivity contribution >= 4 is 23.0 Å². The summed E-state index contributed by atoms with van der Waals surface area (Å²) in [6.07, 6.45) is 0. The fourth-order valence-electron chi connectivity index (χ4n) is 1.60.